The third kappa shape index (κ3) is 21.5. The zero-order valence-corrected chi connectivity index (χ0v) is 65.7. The van der Waals surface area contributed by atoms with Gasteiger partial charge in [0.25, 0.3) is 0 Å². The normalized spacial score (nSPS) is 10.1. The van der Waals surface area contributed by atoms with Crippen LogP contribution in [0.15, 0.2) is 351 Å². The van der Waals surface area contributed by atoms with Crippen molar-refractivity contribution in [2.24, 2.45) is 0 Å². The number of pyridine rings is 6. The van der Waals surface area contributed by atoms with Crippen LogP contribution in [0.25, 0.3) is 123 Å². The van der Waals surface area contributed by atoms with Gasteiger partial charge in [0.1, 0.15) is 5.58 Å². The minimum atomic E-state index is 0. The quantitative estimate of drug-likeness (QED) is 0.133. The molecule has 7 aromatic heterocycles. The van der Waals surface area contributed by atoms with Gasteiger partial charge in [-0.15, -0.1) is 198 Å². The van der Waals surface area contributed by atoms with Crippen LogP contribution in [-0.2, 0) is 60.3 Å². The number of fused-ring (bicyclic) bond motifs is 3. The summed E-state index contributed by atoms with van der Waals surface area (Å²) in [6.07, 6.45) is 11.2. The number of aryl methyl sites for hydroxylation is 5. The van der Waals surface area contributed by atoms with Gasteiger partial charge in [-0.2, -0.15) is 0 Å². The summed E-state index contributed by atoms with van der Waals surface area (Å²) in [5.41, 5.74) is 26.7. The summed E-state index contributed by atoms with van der Waals surface area (Å²) in [6, 6.07) is 122. The molecule has 17 aromatic rings. The average Bonchev–Trinajstić information content (AvgIpc) is 1.62. The molecule has 0 saturated heterocycles. The van der Waals surface area contributed by atoms with Crippen LogP contribution in [0.5, 0.6) is 0 Å². The maximum absolute atomic E-state index is 6.24. The van der Waals surface area contributed by atoms with Gasteiger partial charge < -0.3 is 34.3 Å². The summed E-state index contributed by atoms with van der Waals surface area (Å²) in [7, 11) is 0. The third-order valence-corrected chi connectivity index (χ3v) is 16.6. The van der Waals surface area contributed by atoms with E-state index in [-0.39, 0.29) is 60.3 Å². The predicted octanol–water partition coefficient (Wildman–Crippen LogP) is 23.7. The molecular weight excluding hydrogens is 1820 g/mol. The molecule has 0 N–H and O–H groups in total. The first-order chi connectivity index (χ1) is 50.2. The third-order valence-electron chi connectivity index (χ3n) is 16.6. The summed E-state index contributed by atoms with van der Waals surface area (Å²) in [6.45, 7) is 10.4. The maximum Gasteiger partial charge on any atom is 0.123 e. The Labute approximate surface area is 657 Å². The van der Waals surface area contributed by atoms with Crippen molar-refractivity contribution in [3.63, 3.8) is 0 Å². The molecule has 0 aliphatic carbocycles. The second-order valence-electron chi connectivity index (χ2n) is 24.0. The number of hydrogen-bond acceptors (Lipinski definition) is 7. The summed E-state index contributed by atoms with van der Waals surface area (Å²) in [5.74, 6) is 0. The fourth-order valence-corrected chi connectivity index (χ4v) is 11.3. The Hall–Kier alpha value is -11.2. The van der Waals surface area contributed by atoms with Gasteiger partial charge in [0.2, 0.25) is 0 Å². The topological polar surface area (TPSA) is 90.5 Å². The van der Waals surface area contributed by atoms with Gasteiger partial charge in [-0.25, -0.2) is 0 Å². The van der Waals surface area contributed by atoms with Crippen molar-refractivity contribution in [2.45, 2.75) is 34.6 Å². The van der Waals surface area contributed by atoms with Crippen LogP contribution in [0.3, 0.4) is 0 Å². The molecule has 10 aromatic carbocycles. The Morgan fingerprint density at radius 1 is 0.248 bits per heavy atom. The van der Waals surface area contributed by atoms with Gasteiger partial charge in [-0.05, 0) is 131 Å². The van der Waals surface area contributed by atoms with Gasteiger partial charge in [0.05, 0.1) is 5.58 Å². The summed E-state index contributed by atoms with van der Waals surface area (Å²) < 4.78 is 6.24. The fraction of sp³-hybridized carbons (Fsp3) is 0.0526. The molecule has 0 unspecified atom stereocenters. The Morgan fingerprint density at radius 3 is 1.13 bits per heavy atom. The van der Waals surface area contributed by atoms with Crippen LogP contribution >= 0.6 is 0 Å². The molecule has 0 saturated carbocycles. The summed E-state index contributed by atoms with van der Waals surface area (Å²) >= 11 is 0. The second kappa shape index (κ2) is 40.0. The Balaban J connectivity index is 0.000000148. The van der Waals surface area contributed by atoms with Crippen LogP contribution < -0.4 is 0 Å². The minimum absolute atomic E-state index is 0. The monoisotopic (exact) mass is 1890 g/mol. The fourth-order valence-electron chi connectivity index (χ4n) is 11.3. The molecule has 7 nitrogen and oxygen atoms in total. The van der Waals surface area contributed by atoms with Gasteiger partial charge in [0.15, 0.2) is 0 Å². The number of furan rings is 1. The van der Waals surface area contributed by atoms with Crippen molar-refractivity contribution in [1.82, 2.24) is 29.9 Å². The van der Waals surface area contributed by atoms with E-state index in [0.717, 1.165) is 101 Å². The van der Waals surface area contributed by atoms with E-state index in [2.05, 4.69) is 185 Å². The first-order valence-corrected chi connectivity index (χ1v) is 33.7. The smallest absolute Gasteiger partial charge is 0.123 e. The molecule has 0 aliphatic rings. The van der Waals surface area contributed by atoms with Crippen LogP contribution in [0, 0.1) is 71.0 Å². The number of aromatic nitrogens is 6. The predicted molar refractivity (Wildman–Crippen MR) is 418 cm³/mol. The van der Waals surface area contributed by atoms with Crippen LogP contribution in [-0.4, -0.2) is 29.9 Å². The van der Waals surface area contributed by atoms with Crippen molar-refractivity contribution < 1.29 is 64.7 Å². The van der Waals surface area contributed by atoms with Crippen molar-refractivity contribution in [1.29, 1.82) is 0 Å². The zero-order chi connectivity index (χ0) is 70.1. The van der Waals surface area contributed by atoms with Crippen LogP contribution in [0.4, 0.5) is 0 Å². The Kier molecular flexibility index (Phi) is 29.7. The SMILES string of the molecule is Cc1cc(-c2[c-]cccc2)ncc1-c1ccccc1.Cc1cc(-c2[c-]cccc2)ncc1-c1ccccc1.Cc1ccc(-c2[c-]cccc2)nc1.Cc1cccc2c1oc1c(-c3cc(-c4ccccc4)ccn3)[c-]ccc12.Cc1ccnc(-c2[c-]cccc2)c1.[Ir].[Ir].[Ir].[c-]1ccccc1-c1ccccn1. The Bertz CT molecular complexity index is 5250. The number of benzene rings is 10. The molecule has 0 atom stereocenters. The average molecular weight is 1890 g/mol. The van der Waals surface area contributed by atoms with Crippen molar-refractivity contribution in [3.05, 3.63) is 411 Å². The van der Waals surface area contributed by atoms with E-state index in [1.165, 1.54) is 50.1 Å². The molecule has 3 radical (unpaired) electrons. The maximum atomic E-state index is 6.24. The number of rotatable bonds is 9. The standard InChI is InChI=1S/C24H16NO.2C18H14N.2C12H10N.C11H8N.3Ir/c1-16-7-5-10-19-20-11-6-12-21(24(20)26-23(16)19)22-15-18(13-14-25-22)17-8-3-2-4-9-17;2*1-14-12-18(16-10-6-3-7-11-16)19-13-17(14)15-8-4-2-5-9-15;1-10-7-8-13-12(9-10)11-5-3-2-4-6-11;1-10-7-8-12(13-9-10)11-5-3-2-4-6-11;1-2-6-10(7-3-1)11-8-4-5-9-12-11;;;/h2-11,13-15H,1H3;2*2-10,12-13H,1H3;2*2-5,7-9H,1H3;1-6,8-9H;;;/q6*-1;;;. The molecule has 0 spiro atoms. The van der Waals surface area contributed by atoms with Gasteiger partial charge in [-0.3, -0.25) is 0 Å². The van der Waals surface area contributed by atoms with Crippen LogP contribution in [0.1, 0.15) is 27.8 Å². The van der Waals surface area contributed by atoms with Gasteiger partial charge >= 0.3 is 0 Å². The van der Waals surface area contributed by atoms with E-state index in [9.17, 15) is 0 Å². The molecule has 17 rings (SSSR count). The zero-order valence-electron chi connectivity index (χ0n) is 58.5. The van der Waals surface area contributed by atoms with E-state index in [4.69, 9.17) is 4.42 Å². The molecule has 521 valence electrons. The molecular formula is C95H72Ir3N6O-6. The summed E-state index contributed by atoms with van der Waals surface area (Å²) in [5, 5.41) is 2.24. The van der Waals surface area contributed by atoms with E-state index < -0.39 is 0 Å². The van der Waals surface area contributed by atoms with Crippen molar-refractivity contribution >= 4 is 21.9 Å². The Morgan fingerprint density at radius 2 is 0.676 bits per heavy atom. The van der Waals surface area contributed by atoms with Gasteiger partial charge in [-0.1, -0.05) is 174 Å². The van der Waals surface area contributed by atoms with E-state index in [1.54, 1.807) is 6.20 Å². The van der Waals surface area contributed by atoms with Crippen molar-refractivity contribution in [2.75, 3.05) is 0 Å². The van der Waals surface area contributed by atoms with E-state index >= 15 is 0 Å². The molecule has 7 heterocycles. The first kappa shape index (κ1) is 78.0. The molecule has 0 amide bonds. The molecule has 0 aliphatic heterocycles. The van der Waals surface area contributed by atoms with Crippen LogP contribution in [0.2, 0.25) is 0 Å². The van der Waals surface area contributed by atoms with Crippen molar-refractivity contribution in [3.8, 4) is 101 Å². The molecule has 105 heavy (non-hydrogen) atoms. The number of hydrogen-bond donors (Lipinski definition) is 0. The largest absolute Gasteiger partial charge is 0.500 e. The second-order valence-corrected chi connectivity index (χ2v) is 24.0. The first-order valence-electron chi connectivity index (χ1n) is 33.7. The molecule has 0 bridgehead atoms. The van der Waals surface area contributed by atoms with E-state index in [0.29, 0.717) is 0 Å². The van der Waals surface area contributed by atoms with Gasteiger partial charge in [0, 0.05) is 114 Å². The van der Waals surface area contributed by atoms with E-state index in [1.807, 2.05) is 256 Å². The summed E-state index contributed by atoms with van der Waals surface area (Å²) in [4.78, 5) is 26.5. The molecule has 0 fully saturated rings. The minimum Gasteiger partial charge on any atom is -0.500 e. The number of nitrogens with zero attached hydrogens (tertiary/aromatic N) is 6. The molecule has 10 heteroatoms. The number of para-hydroxylation sites is 1.